The number of allylic oxidation sites excluding steroid dienone is 3. The minimum Gasteiger partial charge on any atom is -0.489 e. The van der Waals surface area contributed by atoms with Crippen LogP contribution in [0.2, 0.25) is 0 Å². The molecule has 0 heterocycles. The number of carboxylic acid groups (broad SMARTS) is 1. The van der Waals surface area contributed by atoms with Crippen LogP contribution in [0.1, 0.15) is 29.8 Å². The number of hydrogen-bond acceptors (Lipinski definition) is 3. The van der Waals surface area contributed by atoms with Crippen molar-refractivity contribution in [1.82, 2.24) is 5.32 Å². The fourth-order valence-electron chi connectivity index (χ4n) is 3.25. The topological polar surface area (TPSA) is 75.6 Å². The highest BCUT2D eigenvalue weighted by Gasteiger charge is 2.21. The van der Waals surface area contributed by atoms with Gasteiger partial charge < -0.3 is 15.2 Å². The van der Waals surface area contributed by atoms with Crippen molar-refractivity contribution >= 4 is 38.6 Å². The van der Waals surface area contributed by atoms with Crippen molar-refractivity contribution in [3.8, 4) is 5.75 Å². The van der Waals surface area contributed by atoms with Crippen LogP contribution in [0.5, 0.6) is 5.75 Å². The number of carbonyl (C=O) groups excluding carboxylic acids is 1. The molecule has 0 aliphatic rings. The first-order chi connectivity index (χ1) is 15.8. The van der Waals surface area contributed by atoms with Crippen LogP contribution in [0.25, 0.3) is 10.8 Å². The number of ether oxygens (including phenoxy) is 1. The molecule has 6 heteroatoms. The van der Waals surface area contributed by atoms with Gasteiger partial charge in [-0.1, -0.05) is 70.5 Å². The summed E-state index contributed by atoms with van der Waals surface area (Å²) in [6.07, 6.45) is 4.19. The van der Waals surface area contributed by atoms with Crippen molar-refractivity contribution in [3.63, 3.8) is 0 Å². The summed E-state index contributed by atoms with van der Waals surface area (Å²) in [6.45, 7) is 4.44. The molecule has 0 bridgehead atoms. The van der Waals surface area contributed by atoms with Gasteiger partial charge in [0.25, 0.3) is 5.91 Å². The summed E-state index contributed by atoms with van der Waals surface area (Å²) in [6, 6.07) is 19.2. The summed E-state index contributed by atoms with van der Waals surface area (Å²) in [5.74, 6) is -0.752. The van der Waals surface area contributed by atoms with Crippen molar-refractivity contribution in [2.24, 2.45) is 0 Å². The summed E-state index contributed by atoms with van der Waals surface area (Å²) < 4.78 is 6.91. The van der Waals surface area contributed by atoms with E-state index in [-0.39, 0.29) is 6.42 Å². The Labute approximate surface area is 201 Å². The molecule has 0 aromatic heterocycles. The minimum absolute atomic E-state index is 0.217. The molecule has 0 saturated heterocycles. The highest BCUT2D eigenvalue weighted by atomic mass is 79.9. The lowest BCUT2D eigenvalue weighted by Crippen LogP contribution is -2.42. The van der Waals surface area contributed by atoms with E-state index >= 15 is 0 Å². The van der Waals surface area contributed by atoms with Gasteiger partial charge in [-0.3, -0.25) is 4.79 Å². The Hall–Kier alpha value is -3.38. The second-order valence-corrected chi connectivity index (χ2v) is 9.08. The molecule has 33 heavy (non-hydrogen) atoms. The number of benzene rings is 3. The van der Waals surface area contributed by atoms with E-state index in [0.29, 0.717) is 12.2 Å². The van der Waals surface area contributed by atoms with Gasteiger partial charge in [0.15, 0.2) is 0 Å². The predicted octanol–water partition coefficient (Wildman–Crippen LogP) is 5.89. The molecular formula is C27H26BrNO4. The Balaban J connectivity index is 1.69. The minimum atomic E-state index is -1.07. The molecule has 0 spiro atoms. The zero-order chi connectivity index (χ0) is 23.8. The Kier molecular flexibility index (Phi) is 8.44. The van der Waals surface area contributed by atoms with Crippen molar-refractivity contribution in [3.05, 3.63) is 100 Å². The highest BCUT2D eigenvalue weighted by molar-refractivity contribution is 9.11. The molecule has 1 unspecified atom stereocenters. The lowest BCUT2D eigenvalue weighted by molar-refractivity contribution is -0.139. The Bertz CT molecular complexity index is 1200. The third kappa shape index (κ3) is 7.32. The zero-order valence-corrected chi connectivity index (χ0v) is 20.1. The summed E-state index contributed by atoms with van der Waals surface area (Å²) in [5.41, 5.74) is 2.34. The lowest BCUT2D eigenvalue weighted by atomic mass is 10.0. The van der Waals surface area contributed by atoms with Gasteiger partial charge in [0.1, 0.15) is 18.4 Å². The van der Waals surface area contributed by atoms with Crippen LogP contribution < -0.4 is 10.1 Å². The maximum Gasteiger partial charge on any atom is 0.326 e. The second kappa shape index (κ2) is 11.5. The van der Waals surface area contributed by atoms with Crippen molar-refractivity contribution in [2.45, 2.75) is 26.3 Å². The standard InChI is InChI=1S/C27H26BrNO4/c1-18(8-9-19(2)28)17-33-24-13-12-21-15-23(11-10-22(21)16-24)26(30)29-25(27(31)32)14-20-6-4-3-5-7-20/h3-13,15-16,25H,14,17H2,1-2H3,(H,29,30)(H,31,32)/b18-8+,19-9+. The van der Waals surface area contributed by atoms with Crippen molar-refractivity contribution < 1.29 is 19.4 Å². The molecule has 3 rings (SSSR count). The number of nitrogens with one attached hydrogen (secondary N) is 1. The molecular weight excluding hydrogens is 482 g/mol. The fraction of sp³-hybridized carbons (Fsp3) is 0.185. The second-order valence-electron chi connectivity index (χ2n) is 7.83. The van der Waals surface area contributed by atoms with Crippen molar-refractivity contribution in [1.29, 1.82) is 0 Å². The molecule has 170 valence electrons. The van der Waals surface area contributed by atoms with E-state index in [0.717, 1.165) is 32.1 Å². The highest BCUT2D eigenvalue weighted by Crippen LogP contribution is 2.23. The number of carboxylic acids is 1. The largest absolute Gasteiger partial charge is 0.489 e. The van der Waals surface area contributed by atoms with Gasteiger partial charge in [0.2, 0.25) is 0 Å². The van der Waals surface area contributed by atoms with Crippen LogP contribution in [-0.2, 0) is 11.2 Å². The van der Waals surface area contributed by atoms with Crippen LogP contribution in [0.3, 0.4) is 0 Å². The van der Waals surface area contributed by atoms with E-state index < -0.39 is 17.9 Å². The third-order valence-corrected chi connectivity index (χ3v) is 5.29. The quantitative estimate of drug-likeness (QED) is 0.354. The fourth-order valence-corrected chi connectivity index (χ4v) is 3.38. The van der Waals surface area contributed by atoms with Gasteiger partial charge >= 0.3 is 5.97 Å². The molecule has 0 aliphatic heterocycles. The van der Waals surface area contributed by atoms with Gasteiger partial charge in [0.05, 0.1) is 0 Å². The number of hydrogen-bond donors (Lipinski definition) is 2. The number of halogens is 1. The van der Waals surface area contributed by atoms with Crippen molar-refractivity contribution in [2.75, 3.05) is 6.61 Å². The monoisotopic (exact) mass is 507 g/mol. The molecule has 5 nitrogen and oxygen atoms in total. The molecule has 0 saturated carbocycles. The summed E-state index contributed by atoms with van der Waals surface area (Å²) in [4.78, 5) is 24.4. The Morgan fingerprint density at radius 1 is 1.00 bits per heavy atom. The van der Waals surface area contributed by atoms with Crippen LogP contribution in [0, 0.1) is 0 Å². The van der Waals surface area contributed by atoms with Gasteiger partial charge in [-0.2, -0.15) is 0 Å². The zero-order valence-electron chi connectivity index (χ0n) is 18.5. The van der Waals surface area contributed by atoms with Gasteiger partial charge in [0, 0.05) is 12.0 Å². The van der Waals surface area contributed by atoms with E-state index in [1.807, 2.05) is 80.6 Å². The Morgan fingerprint density at radius 3 is 2.39 bits per heavy atom. The normalized spacial score (nSPS) is 12.9. The number of amides is 1. The van der Waals surface area contributed by atoms with Crippen LogP contribution in [-0.4, -0.2) is 29.6 Å². The first kappa shape index (κ1) is 24.3. The average molecular weight is 508 g/mol. The van der Waals surface area contributed by atoms with E-state index in [2.05, 4.69) is 21.2 Å². The van der Waals surface area contributed by atoms with Gasteiger partial charge in [-0.15, -0.1) is 0 Å². The first-order valence-corrected chi connectivity index (χ1v) is 11.3. The Morgan fingerprint density at radius 2 is 1.70 bits per heavy atom. The summed E-state index contributed by atoms with van der Waals surface area (Å²) in [7, 11) is 0. The molecule has 3 aromatic carbocycles. The van der Waals surface area contributed by atoms with Gasteiger partial charge in [-0.25, -0.2) is 4.79 Å². The van der Waals surface area contributed by atoms with Gasteiger partial charge in [-0.05, 0) is 64.5 Å². The maximum atomic E-state index is 12.7. The first-order valence-electron chi connectivity index (χ1n) is 10.6. The molecule has 3 aromatic rings. The van der Waals surface area contributed by atoms with E-state index in [1.165, 1.54) is 0 Å². The van der Waals surface area contributed by atoms with E-state index in [4.69, 9.17) is 4.74 Å². The predicted molar refractivity (Wildman–Crippen MR) is 135 cm³/mol. The lowest BCUT2D eigenvalue weighted by Gasteiger charge is -2.15. The molecule has 1 amide bonds. The van der Waals surface area contributed by atoms with Crippen LogP contribution in [0.15, 0.2) is 88.9 Å². The van der Waals surface area contributed by atoms with Crippen LogP contribution in [0.4, 0.5) is 0 Å². The molecule has 1 atom stereocenters. The molecule has 0 aliphatic carbocycles. The number of rotatable bonds is 9. The third-order valence-electron chi connectivity index (χ3n) is 5.02. The van der Waals surface area contributed by atoms with E-state index in [9.17, 15) is 14.7 Å². The summed E-state index contributed by atoms with van der Waals surface area (Å²) in [5, 5.41) is 14.0. The SMILES string of the molecule is C/C(Br)=C\C=C(/C)COc1ccc2cc(C(=O)NC(Cc3ccccc3)C(=O)O)ccc2c1. The van der Waals surface area contributed by atoms with E-state index in [1.54, 1.807) is 12.1 Å². The molecule has 0 radical (unpaired) electrons. The average Bonchev–Trinajstić information content (AvgIpc) is 2.81. The molecule has 2 N–H and O–H groups in total. The number of fused-ring (bicyclic) bond motifs is 1. The smallest absolute Gasteiger partial charge is 0.326 e. The summed E-state index contributed by atoms with van der Waals surface area (Å²) >= 11 is 3.39. The number of aliphatic carboxylic acids is 1. The maximum absolute atomic E-state index is 12.7. The number of carbonyl (C=O) groups is 2. The molecule has 0 fully saturated rings. The van der Waals surface area contributed by atoms with Crippen LogP contribution >= 0.6 is 15.9 Å².